The van der Waals surface area contributed by atoms with Crippen LogP contribution in [0.2, 0.25) is 0 Å². The summed E-state index contributed by atoms with van der Waals surface area (Å²) in [5, 5.41) is 13.1. The second-order valence-electron chi connectivity index (χ2n) is 4.18. The van der Waals surface area contributed by atoms with Crippen LogP contribution in [0.15, 0.2) is 36.5 Å². The monoisotopic (exact) mass is 259 g/mol. The first-order chi connectivity index (χ1) is 9.20. The fourth-order valence-electron chi connectivity index (χ4n) is 1.68. The average molecular weight is 259 g/mol. The number of aromatic nitrogens is 2. The number of nitrogens with two attached hydrogens (primary N) is 1. The predicted octanol–water partition coefficient (Wildman–Crippen LogP) is 1.22. The number of nitrogens with one attached hydrogen (secondary N) is 2. The first kappa shape index (κ1) is 13.3. The van der Waals surface area contributed by atoms with Gasteiger partial charge in [-0.2, -0.15) is 4.98 Å². The molecule has 0 saturated carbocycles. The van der Waals surface area contributed by atoms with E-state index in [1.165, 1.54) is 0 Å². The van der Waals surface area contributed by atoms with Gasteiger partial charge in [0.25, 0.3) is 0 Å². The number of benzene rings is 1. The molecule has 0 aliphatic heterocycles. The predicted molar refractivity (Wildman–Crippen MR) is 74.5 cm³/mol. The van der Waals surface area contributed by atoms with Crippen LogP contribution in [0.1, 0.15) is 17.2 Å². The molecule has 0 amide bonds. The minimum atomic E-state index is -0.593. The third kappa shape index (κ3) is 3.40. The van der Waals surface area contributed by atoms with E-state index in [2.05, 4.69) is 20.7 Å². The summed E-state index contributed by atoms with van der Waals surface area (Å²) in [6.07, 6.45) is 1.07. The van der Waals surface area contributed by atoms with Crippen LogP contribution in [0, 0.1) is 6.92 Å². The van der Waals surface area contributed by atoms with Crippen molar-refractivity contribution in [2.24, 2.45) is 5.84 Å². The van der Waals surface area contributed by atoms with E-state index in [1.54, 1.807) is 6.20 Å². The Morgan fingerprint density at radius 1 is 1.32 bits per heavy atom. The molecular weight excluding hydrogens is 242 g/mol. The Hall–Kier alpha value is -2.18. The van der Waals surface area contributed by atoms with Crippen molar-refractivity contribution >= 4 is 11.8 Å². The van der Waals surface area contributed by atoms with Gasteiger partial charge in [0, 0.05) is 18.3 Å². The number of hydrogen-bond donors (Lipinski definition) is 4. The number of rotatable bonds is 5. The molecule has 0 saturated heterocycles. The molecule has 19 heavy (non-hydrogen) atoms. The highest BCUT2D eigenvalue weighted by atomic mass is 16.3. The minimum Gasteiger partial charge on any atom is -0.387 e. The summed E-state index contributed by atoms with van der Waals surface area (Å²) in [7, 11) is 0. The molecular formula is C13H17N5O. The molecule has 0 fully saturated rings. The van der Waals surface area contributed by atoms with Gasteiger partial charge in [-0.25, -0.2) is 10.8 Å². The molecule has 0 aliphatic rings. The fraction of sp³-hybridized carbons (Fsp3) is 0.231. The smallest absolute Gasteiger partial charge is 0.239 e. The van der Waals surface area contributed by atoms with E-state index in [0.29, 0.717) is 18.3 Å². The van der Waals surface area contributed by atoms with Gasteiger partial charge in [0.05, 0.1) is 6.10 Å². The summed E-state index contributed by atoms with van der Waals surface area (Å²) in [4.78, 5) is 8.18. The van der Waals surface area contributed by atoms with E-state index < -0.39 is 6.10 Å². The highest BCUT2D eigenvalue weighted by Gasteiger charge is 2.08. The van der Waals surface area contributed by atoms with Crippen molar-refractivity contribution in [3.63, 3.8) is 0 Å². The number of aliphatic hydroxyl groups is 1. The Labute approximate surface area is 111 Å². The van der Waals surface area contributed by atoms with Gasteiger partial charge in [-0.3, -0.25) is 5.43 Å². The van der Waals surface area contributed by atoms with Crippen LogP contribution in [0.25, 0.3) is 0 Å². The molecule has 1 unspecified atom stereocenters. The lowest BCUT2D eigenvalue weighted by Crippen LogP contribution is -2.16. The topological polar surface area (TPSA) is 96.1 Å². The van der Waals surface area contributed by atoms with Crippen molar-refractivity contribution in [2.75, 3.05) is 17.3 Å². The average Bonchev–Trinajstić information content (AvgIpc) is 2.47. The quantitative estimate of drug-likeness (QED) is 0.476. The molecule has 0 radical (unpaired) electrons. The van der Waals surface area contributed by atoms with Crippen LogP contribution >= 0.6 is 0 Å². The van der Waals surface area contributed by atoms with Crippen LogP contribution in [0.4, 0.5) is 11.8 Å². The summed E-state index contributed by atoms with van der Waals surface area (Å²) < 4.78 is 0. The molecule has 100 valence electrons. The molecule has 0 spiro atoms. The van der Waals surface area contributed by atoms with E-state index in [9.17, 15) is 5.11 Å². The Kier molecular flexibility index (Phi) is 4.27. The van der Waals surface area contributed by atoms with Gasteiger partial charge in [0.2, 0.25) is 5.95 Å². The van der Waals surface area contributed by atoms with Crippen LogP contribution in [-0.2, 0) is 0 Å². The van der Waals surface area contributed by atoms with E-state index in [-0.39, 0.29) is 0 Å². The lowest BCUT2D eigenvalue weighted by molar-refractivity contribution is 0.191. The van der Waals surface area contributed by atoms with Crippen LogP contribution in [-0.4, -0.2) is 21.6 Å². The minimum absolute atomic E-state index is 0.335. The number of hydrogen-bond acceptors (Lipinski definition) is 6. The van der Waals surface area contributed by atoms with Gasteiger partial charge in [-0.15, -0.1) is 0 Å². The molecule has 0 bridgehead atoms. The van der Waals surface area contributed by atoms with Crippen molar-refractivity contribution in [3.05, 3.63) is 47.7 Å². The summed E-state index contributed by atoms with van der Waals surface area (Å²) in [5.74, 6) is 6.25. The largest absolute Gasteiger partial charge is 0.387 e. The molecule has 1 heterocycles. The third-order valence-electron chi connectivity index (χ3n) is 2.75. The lowest BCUT2D eigenvalue weighted by Gasteiger charge is -2.14. The van der Waals surface area contributed by atoms with Gasteiger partial charge >= 0.3 is 0 Å². The first-order valence-corrected chi connectivity index (χ1v) is 5.98. The molecule has 2 aromatic rings. The van der Waals surface area contributed by atoms with Crippen LogP contribution in [0.5, 0.6) is 0 Å². The third-order valence-corrected chi connectivity index (χ3v) is 2.75. The normalized spacial score (nSPS) is 11.9. The maximum atomic E-state index is 10.1. The van der Waals surface area contributed by atoms with Gasteiger partial charge in [-0.1, -0.05) is 30.3 Å². The Bertz CT molecular complexity index is 532. The van der Waals surface area contributed by atoms with Crippen molar-refractivity contribution in [2.45, 2.75) is 13.0 Å². The van der Waals surface area contributed by atoms with Crippen molar-refractivity contribution in [1.82, 2.24) is 9.97 Å². The zero-order valence-electron chi connectivity index (χ0n) is 10.7. The summed E-state index contributed by atoms with van der Waals surface area (Å²) in [6, 6.07) is 9.46. The highest BCUT2D eigenvalue weighted by Crippen LogP contribution is 2.16. The van der Waals surface area contributed by atoms with E-state index in [0.717, 1.165) is 11.1 Å². The summed E-state index contributed by atoms with van der Waals surface area (Å²) in [5.41, 5.74) is 4.14. The zero-order chi connectivity index (χ0) is 13.7. The molecule has 1 aromatic heterocycles. The van der Waals surface area contributed by atoms with Crippen molar-refractivity contribution in [3.8, 4) is 0 Å². The maximum absolute atomic E-state index is 10.1. The number of aryl methyl sites for hydroxylation is 1. The van der Waals surface area contributed by atoms with Gasteiger partial charge in [0.1, 0.15) is 5.82 Å². The molecule has 5 N–H and O–H groups in total. The number of nitrogens with zero attached hydrogens (tertiary/aromatic N) is 2. The number of anilines is 2. The number of nitrogen functional groups attached to an aromatic ring is 1. The molecule has 6 nitrogen and oxygen atoms in total. The van der Waals surface area contributed by atoms with E-state index in [1.807, 2.05) is 37.3 Å². The second kappa shape index (κ2) is 6.12. The standard InChI is InChI=1S/C13H17N5O/c1-9-7-16-13(18-14)17-12(9)15-8-11(19)10-5-3-2-4-6-10/h2-7,11,19H,8,14H2,1H3,(H2,15,16,17,18). The lowest BCUT2D eigenvalue weighted by atomic mass is 10.1. The van der Waals surface area contributed by atoms with Gasteiger partial charge in [-0.05, 0) is 12.5 Å². The van der Waals surface area contributed by atoms with E-state index in [4.69, 9.17) is 5.84 Å². The summed E-state index contributed by atoms with van der Waals surface area (Å²) >= 11 is 0. The number of hydrazine groups is 1. The Balaban J connectivity index is 2.02. The first-order valence-electron chi connectivity index (χ1n) is 5.98. The maximum Gasteiger partial charge on any atom is 0.239 e. The molecule has 1 atom stereocenters. The van der Waals surface area contributed by atoms with Crippen LogP contribution in [0.3, 0.4) is 0 Å². The SMILES string of the molecule is Cc1cnc(NN)nc1NCC(O)c1ccccc1. The molecule has 6 heteroatoms. The van der Waals surface area contributed by atoms with Gasteiger partial charge < -0.3 is 10.4 Å². The van der Waals surface area contributed by atoms with E-state index >= 15 is 0 Å². The Morgan fingerprint density at radius 2 is 2.05 bits per heavy atom. The van der Waals surface area contributed by atoms with Crippen molar-refractivity contribution in [1.29, 1.82) is 0 Å². The molecule has 1 aromatic carbocycles. The van der Waals surface area contributed by atoms with Gasteiger partial charge in [0.15, 0.2) is 0 Å². The molecule has 0 aliphatic carbocycles. The highest BCUT2D eigenvalue weighted by molar-refractivity contribution is 5.46. The molecule has 2 rings (SSSR count). The summed E-state index contributed by atoms with van der Waals surface area (Å²) in [6.45, 7) is 2.25. The van der Waals surface area contributed by atoms with Crippen LogP contribution < -0.4 is 16.6 Å². The second-order valence-corrected chi connectivity index (χ2v) is 4.18. The van der Waals surface area contributed by atoms with Crippen molar-refractivity contribution < 1.29 is 5.11 Å². The number of aliphatic hydroxyl groups excluding tert-OH is 1. The zero-order valence-corrected chi connectivity index (χ0v) is 10.7. The fourth-order valence-corrected chi connectivity index (χ4v) is 1.68. The Morgan fingerprint density at radius 3 is 2.74 bits per heavy atom.